The quantitative estimate of drug-likeness (QED) is 0.201. The van der Waals surface area contributed by atoms with Gasteiger partial charge in [0.1, 0.15) is 5.82 Å². The number of H-pyrrole nitrogens is 2. The van der Waals surface area contributed by atoms with Crippen LogP contribution in [0.4, 0.5) is 0 Å². The van der Waals surface area contributed by atoms with E-state index in [2.05, 4.69) is 30.8 Å². The molecule has 2 heterocycles. The fraction of sp³-hybridized carbons (Fsp3) is 0.115. The second-order valence-corrected chi connectivity index (χ2v) is 9.04. The van der Waals surface area contributed by atoms with E-state index in [0.717, 1.165) is 21.8 Å². The topological polar surface area (TPSA) is 133 Å². The molecule has 2 amide bonds. The first kappa shape index (κ1) is 23.3. The predicted octanol–water partition coefficient (Wildman–Crippen LogP) is 3.49. The van der Waals surface area contributed by atoms with E-state index < -0.39 is 11.8 Å². The smallest absolute Gasteiger partial charge is 0.269 e. The van der Waals surface area contributed by atoms with E-state index in [0.29, 0.717) is 28.0 Å². The third-order valence-corrected chi connectivity index (χ3v) is 6.47. The zero-order valence-corrected chi connectivity index (χ0v) is 19.9. The van der Waals surface area contributed by atoms with Crippen LogP contribution in [0.5, 0.6) is 0 Å². The molecule has 0 aliphatic heterocycles. The Morgan fingerprint density at radius 1 is 0.833 bits per heavy atom. The fourth-order valence-corrected chi connectivity index (χ4v) is 4.49. The molecule has 0 unspecified atom stereocenters. The van der Waals surface area contributed by atoms with Crippen LogP contribution in [0.3, 0.4) is 0 Å². The van der Waals surface area contributed by atoms with Crippen LogP contribution in [0.1, 0.15) is 28.2 Å². The summed E-state index contributed by atoms with van der Waals surface area (Å²) in [5.41, 5.74) is 8.53. The maximum absolute atomic E-state index is 12.4. The highest BCUT2D eigenvalue weighted by Crippen LogP contribution is 2.23. The largest absolute Gasteiger partial charge is 0.333 e. The average Bonchev–Trinajstić information content (AvgIpc) is 3.33. The highest BCUT2D eigenvalue weighted by atomic mass is 32.2. The molecule has 5 rings (SSSR count). The third kappa shape index (κ3) is 5.44. The molecule has 0 saturated heterocycles. The highest BCUT2D eigenvalue weighted by molar-refractivity contribution is 7.98. The number of nitrogens with zero attached hydrogens (tertiary/aromatic N) is 2. The molecular formula is C26H22N6O3S. The Kier molecular flexibility index (Phi) is 6.76. The van der Waals surface area contributed by atoms with Crippen molar-refractivity contribution < 1.29 is 9.59 Å². The van der Waals surface area contributed by atoms with E-state index in [9.17, 15) is 14.4 Å². The minimum absolute atomic E-state index is 0.0551. The summed E-state index contributed by atoms with van der Waals surface area (Å²) in [5, 5.41) is 1.33. The summed E-state index contributed by atoms with van der Waals surface area (Å²) >= 11 is 1.58. The van der Waals surface area contributed by atoms with Crippen molar-refractivity contribution in [1.29, 1.82) is 0 Å². The van der Waals surface area contributed by atoms with E-state index in [-0.39, 0.29) is 18.4 Å². The summed E-state index contributed by atoms with van der Waals surface area (Å²) in [6.07, 6.45) is 0.291. The van der Waals surface area contributed by atoms with Crippen LogP contribution >= 0.6 is 11.8 Å². The van der Waals surface area contributed by atoms with Crippen molar-refractivity contribution in [3.8, 4) is 0 Å². The van der Waals surface area contributed by atoms with Gasteiger partial charge in [-0.05, 0) is 42.0 Å². The molecule has 0 saturated carbocycles. The molecular weight excluding hydrogens is 476 g/mol. The summed E-state index contributed by atoms with van der Waals surface area (Å²) in [6, 6.07) is 22.0. The number of hydrogen-bond donors (Lipinski definition) is 4. The van der Waals surface area contributed by atoms with Crippen molar-refractivity contribution in [2.75, 3.05) is 0 Å². The fourth-order valence-electron chi connectivity index (χ4n) is 3.65. The molecule has 4 N–H and O–H groups in total. The minimum atomic E-state index is -0.419. The Balaban J connectivity index is 1.09. The van der Waals surface area contributed by atoms with Gasteiger partial charge in [-0.25, -0.2) is 9.97 Å². The summed E-state index contributed by atoms with van der Waals surface area (Å²) < 4.78 is 0. The predicted molar refractivity (Wildman–Crippen MR) is 138 cm³/mol. The van der Waals surface area contributed by atoms with E-state index >= 15 is 0 Å². The highest BCUT2D eigenvalue weighted by Gasteiger charge is 2.10. The second-order valence-electron chi connectivity index (χ2n) is 8.08. The lowest BCUT2D eigenvalue weighted by Crippen LogP contribution is -2.41. The summed E-state index contributed by atoms with van der Waals surface area (Å²) in [6.45, 7) is 0. The Bertz CT molecular complexity index is 1580. The zero-order chi connectivity index (χ0) is 24.9. The number of thioether (sulfide) groups is 1. The van der Waals surface area contributed by atoms with E-state index in [4.69, 9.17) is 0 Å². The van der Waals surface area contributed by atoms with Crippen LogP contribution < -0.4 is 16.4 Å². The first-order chi connectivity index (χ1) is 17.5. The van der Waals surface area contributed by atoms with Crippen LogP contribution in [0.25, 0.3) is 21.9 Å². The Morgan fingerprint density at radius 2 is 1.58 bits per heavy atom. The number of rotatable bonds is 7. The van der Waals surface area contributed by atoms with Gasteiger partial charge in [-0.1, -0.05) is 48.2 Å². The average molecular weight is 499 g/mol. The molecule has 0 fully saturated rings. The number of fused-ring (bicyclic) bond motifs is 2. The number of carbonyl (C=O) groups excluding carboxylic acids is 2. The lowest BCUT2D eigenvalue weighted by atomic mass is 10.1. The van der Waals surface area contributed by atoms with Crippen molar-refractivity contribution >= 4 is 45.5 Å². The first-order valence-corrected chi connectivity index (χ1v) is 12.3. The van der Waals surface area contributed by atoms with Crippen molar-refractivity contribution in [2.45, 2.75) is 23.8 Å². The summed E-state index contributed by atoms with van der Waals surface area (Å²) in [4.78, 5) is 51.6. The maximum atomic E-state index is 12.4. The molecule has 10 heteroatoms. The number of benzene rings is 3. The Morgan fingerprint density at radius 3 is 2.39 bits per heavy atom. The number of hydrogen-bond acceptors (Lipinski definition) is 6. The van der Waals surface area contributed by atoms with Gasteiger partial charge in [0.2, 0.25) is 5.91 Å². The SMILES string of the molecule is O=C(CCc1nc2ccccc2c(=O)[nH]1)NNC(=O)c1ccc(CSc2nc3ccccc3[nH]2)cc1. The van der Waals surface area contributed by atoms with Gasteiger partial charge >= 0.3 is 0 Å². The molecule has 36 heavy (non-hydrogen) atoms. The molecule has 9 nitrogen and oxygen atoms in total. The van der Waals surface area contributed by atoms with Crippen LogP contribution in [0.2, 0.25) is 0 Å². The van der Waals surface area contributed by atoms with Crippen molar-refractivity contribution in [2.24, 2.45) is 0 Å². The monoisotopic (exact) mass is 498 g/mol. The van der Waals surface area contributed by atoms with Crippen LogP contribution in [0, 0.1) is 0 Å². The van der Waals surface area contributed by atoms with Gasteiger partial charge in [0, 0.05) is 24.2 Å². The molecule has 5 aromatic rings. The molecule has 0 aliphatic rings. The van der Waals surface area contributed by atoms with Gasteiger partial charge in [0.25, 0.3) is 11.5 Å². The summed E-state index contributed by atoms with van der Waals surface area (Å²) in [7, 11) is 0. The van der Waals surface area contributed by atoms with Crippen LogP contribution in [-0.4, -0.2) is 31.8 Å². The van der Waals surface area contributed by atoms with Gasteiger partial charge in [-0.2, -0.15) is 0 Å². The molecule has 2 aromatic heterocycles. The third-order valence-electron chi connectivity index (χ3n) is 5.53. The van der Waals surface area contributed by atoms with Gasteiger partial charge in [-0.15, -0.1) is 0 Å². The number of aromatic amines is 2. The molecule has 0 bridgehead atoms. The van der Waals surface area contributed by atoms with E-state index in [1.54, 1.807) is 48.2 Å². The number of para-hydroxylation sites is 3. The first-order valence-electron chi connectivity index (χ1n) is 11.3. The standard InChI is InChI=1S/C26H22N6O3S/c33-23(14-13-22-27-19-6-2-1-5-18(19)25(35)30-22)31-32-24(34)17-11-9-16(10-12-17)15-36-26-28-20-7-3-4-8-21(20)29-26/h1-12H,13-15H2,(H,28,29)(H,31,33)(H,32,34)(H,27,30,35). The molecule has 0 aliphatic carbocycles. The zero-order valence-electron chi connectivity index (χ0n) is 19.1. The van der Waals surface area contributed by atoms with E-state index in [1.807, 2.05) is 36.4 Å². The van der Waals surface area contributed by atoms with Gasteiger partial charge < -0.3 is 9.97 Å². The number of carbonyl (C=O) groups is 2. The van der Waals surface area contributed by atoms with Crippen molar-refractivity contribution in [1.82, 2.24) is 30.8 Å². The molecule has 180 valence electrons. The maximum Gasteiger partial charge on any atom is 0.269 e. The lowest BCUT2D eigenvalue weighted by Gasteiger charge is -2.08. The minimum Gasteiger partial charge on any atom is -0.333 e. The number of aryl methyl sites for hydroxylation is 1. The second kappa shape index (κ2) is 10.4. The van der Waals surface area contributed by atoms with Gasteiger partial charge in [-0.3, -0.25) is 25.2 Å². The lowest BCUT2D eigenvalue weighted by molar-refractivity contribution is -0.121. The Hall–Kier alpha value is -4.44. The number of aromatic nitrogens is 4. The van der Waals surface area contributed by atoms with Gasteiger partial charge in [0.05, 0.1) is 21.9 Å². The van der Waals surface area contributed by atoms with Crippen molar-refractivity contribution in [3.05, 3.63) is 100 Å². The van der Waals surface area contributed by atoms with Crippen molar-refractivity contribution in [3.63, 3.8) is 0 Å². The Labute approximate surface area is 209 Å². The number of nitrogens with one attached hydrogen (secondary N) is 4. The van der Waals surface area contributed by atoms with E-state index in [1.165, 1.54) is 0 Å². The molecule has 3 aromatic carbocycles. The normalized spacial score (nSPS) is 11.0. The summed E-state index contributed by atoms with van der Waals surface area (Å²) in [5.74, 6) is 0.301. The van der Waals surface area contributed by atoms with Crippen LogP contribution in [-0.2, 0) is 17.0 Å². The number of imidazole rings is 1. The molecule has 0 atom stereocenters. The number of amides is 2. The van der Waals surface area contributed by atoms with Crippen LogP contribution in [0.15, 0.2) is 82.7 Å². The molecule has 0 spiro atoms. The van der Waals surface area contributed by atoms with Gasteiger partial charge in [0.15, 0.2) is 5.16 Å². The molecule has 0 radical (unpaired) electrons. The number of hydrazine groups is 1.